The fourth-order valence-corrected chi connectivity index (χ4v) is 2.10. The monoisotopic (exact) mass is 326 g/mol. The van der Waals surface area contributed by atoms with Crippen LogP contribution in [0.25, 0.3) is 11.3 Å². The number of hydrogen-bond donors (Lipinski definition) is 0. The van der Waals surface area contributed by atoms with E-state index in [0.29, 0.717) is 12.0 Å². The standard InChI is InChI=1S/C15H17F3N4O/c1-4-7-22-13(15(16,17)18)9-11(20-22)10-5-6-19-12(8-10)14(23)21(2)3/h5-6,8-9H,4,7H2,1-3H3. The van der Waals surface area contributed by atoms with Crippen LogP contribution in [-0.2, 0) is 12.7 Å². The van der Waals surface area contributed by atoms with Crippen LogP contribution >= 0.6 is 0 Å². The van der Waals surface area contributed by atoms with Gasteiger partial charge in [-0.25, -0.2) is 0 Å². The van der Waals surface area contributed by atoms with E-state index < -0.39 is 11.9 Å². The molecule has 0 radical (unpaired) electrons. The normalized spacial score (nSPS) is 11.6. The van der Waals surface area contributed by atoms with E-state index >= 15 is 0 Å². The first-order chi connectivity index (χ1) is 10.7. The summed E-state index contributed by atoms with van der Waals surface area (Å²) < 4.78 is 40.2. The van der Waals surface area contributed by atoms with Gasteiger partial charge in [0.05, 0.1) is 5.69 Å². The van der Waals surface area contributed by atoms with Crippen molar-refractivity contribution in [3.8, 4) is 11.3 Å². The molecule has 2 heterocycles. The Labute approximate surface area is 131 Å². The van der Waals surface area contributed by atoms with Crippen molar-refractivity contribution in [1.82, 2.24) is 19.7 Å². The number of carbonyl (C=O) groups excluding carboxylic acids is 1. The van der Waals surface area contributed by atoms with E-state index in [1.165, 1.54) is 23.2 Å². The third-order valence-electron chi connectivity index (χ3n) is 3.19. The summed E-state index contributed by atoms with van der Waals surface area (Å²) in [6, 6.07) is 3.97. The maximum atomic E-state index is 13.1. The maximum Gasteiger partial charge on any atom is 0.433 e. The van der Waals surface area contributed by atoms with Crippen molar-refractivity contribution in [3.63, 3.8) is 0 Å². The lowest BCUT2D eigenvalue weighted by molar-refractivity contribution is -0.144. The molecule has 0 spiro atoms. The molecule has 0 aromatic carbocycles. The minimum atomic E-state index is -4.48. The fourth-order valence-electron chi connectivity index (χ4n) is 2.10. The van der Waals surface area contributed by atoms with Gasteiger partial charge >= 0.3 is 6.18 Å². The van der Waals surface area contributed by atoms with Gasteiger partial charge in [-0.15, -0.1) is 0 Å². The van der Waals surface area contributed by atoms with Gasteiger partial charge in [-0.1, -0.05) is 6.92 Å². The number of hydrogen-bond acceptors (Lipinski definition) is 3. The van der Waals surface area contributed by atoms with Gasteiger partial charge in [-0.3, -0.25) is 14.5 Å². The van der Waals surface area contributed by atoms with Crippen LogP contribution in [0, 0.1) is 0 Å². The molecule has 0 saturated carbocycles. The van der Waals surface area contributed by atoms with Gasteiger partial charge in [0.15, 0.2) is 0 Å². The highest BCUT2D eigenvalue weighted by atomic mass is 19.4. The summed E-state index contributed by atoms with van der Waals surface area (Å²) in [6.07, 6.45) is -2.56. The molecule has 8 heteroatoms. The molecule has 0 aliphatic rings. The van der Waals surface area contributed by atoms with Crippen LogP contribution in [0.15, 0.2) is 24.4 Å². The summed E-state index contributed by atoms with van der Waals surface area (Å²) in [6.45, 7) is 1.95. The highest BCUT2D eigenvalue weighted by Crippen LogP contribution is 2.32. The molecule has 2 aromatic rings. The largest absolute Gasteiger partial charge is 0.433 e. The number of nitrogens with zero attached hydrogens (tertiary/aromatic N) is 4. The molecule has 0 N–H and O–H groups in total. The zero-order valence-electron chi connectivity index (χ0n) is 13.1. The van der Waals surface area contributed by atoms with Crippen molar-refractivity contribution in [1.29, 1.82) is 0 Å². The number of alkyl halides is 3. The molecule has 0 atom stereocenters. The van der Waals surface area contributed by atoms with Crippen LogP contribution in [0.2, 0.25) is 0 Å². The summed E-state index contributed by atoms with van der Waals surface area (Å²) in [7, 11) is 3.16. The molecular formula is C15H17F3N4O. The minimum Gasteiger partial charge on any atom is -0.343 e. The first kappa shape index (κ1) is 17.0. The lowest BCUT2D eigenvalue weighted by Gasteiger charge is -2.09. The second-order valence-electron chi connectivity index (χ2n) is 5.27. The molecule has 23 heavy (non-hydrogen) atoms. The summed E-state index contributed by atoms with van der Waals surface area (Å²) in [4.78, 5) is 17.2. The summed E-state index contributed by atoms with van der Waals surface area (Å²) in [5.41, 5.74) is -0.0516. The van der Waals surface area contributed by atoms with E-state index in [1.54, 1.807) is 21.0 Å². The predicted molar refractivity (Wildman–Crippen MR) is 78.8 cm³/mol. The van der Waals surface area contributed by atoms with E-state index in [1.807, 2.05) is 0 Å². The van der Waals surface area contributed by atoms with Crippen LogP contribution in [-0.4, -0.2) is 39.7 Å². The lowest BCUT2D eigenvalue weighted by Crippen LogP contribution is -2.22. The molecular weight excluding hydrogens is 309 g/mol. The fraction of sp³-hybridized carbons (Fsp3) is 0.400. The van der Waals surface area contributed by atoms with E-state index in [4.69, 9.17) is 0 Å². The van der Waals surface area contributed by atoms with E-state index in [9.17, 15) is 18.0 Å². The van der Waals surface area contributed by atoms with Gasteiger partial charge < -0.3 is 4.90 Å². The van der Waals surface area contributed by atoms with Gasteiger partial charge in [0, 0.05) is 32.4 Å². The molecule has 124 valence electrons. The average molecular weight is 326 g/mol. The molecule has 2 aromatic heterocycles. The van der Waals surface area contributed by atoms with E-state index in [-0.39, 0.29) is 23.8 Å². The number of amides is 1. The average Bonchev–Trinajstić information content (AvgIpc) is 2.91. The second-order valence-corrected chi connectivity index (χ2v) is 5.27. The summed E-state index contributed by atoms with van der Waals surface area (Å²) in [5.74, 6) is -0.323. The van der Waals surface area contributed by atoms with Gasteiger partial charge in [-0.2, -0.15) is 18.3 Å². The van der Waals surface area contributed by atoms with E-state index in [2.05, 4.69) is 10.1 Å². The minimum absolute atomic E-state index is 0.158. The van der Waals surface area contributed by atoms with Crippen molar-refractivity contribution in [3.05, 3.63) is 35.8 Å². The number of halogens is 3. The Morgan fingerprint density at radius 1 is 1.30 bits per heavy atom. The first-order valence-electron chi connectivity index (χ1n) is 7.07. The predicted octanol–water partition coefficient (Wildman–Crippen LogP) is 3.08. The van der Waals surface area contributed by atoms with Crippen LogP contribution in [0.5, 0.6) is 0 Å². The molecule has 0 unspecified atom stereocenters. The zero-order valence-corrected chi connectivity index (χ0v) is 13.1. The van der Waals surface area contributed by atoms with Crippen LogP contribution in [0.1, 0.15) is 29.5 Å². The zero-order chi connectivity index (χ0) is 17.2. The van der Waals surface area contributed by atoms with Crippen LogP contribution in [0.3, 0.4) is 0 Å². The van der Waals surface area contributed by atoms with Gasteiger partial charge in [0.1, 0.15) is 11.4 Å². The molecule has 5 nitrogen and oxygen atoms in total. The van der Waals surface area contributed by atoms with Crippen molar-refractivity contribution < 1.29 is 18.0 Å². The number of aryl methyl sites for hydroxylation is 1. The lowest BCUT2D eigenvalue weighted by atomic mass is 10.1. The first-order valence-corrected chi connectivity index (χ1v) is 7.07. The molecule has 0 saturated heterocycles. The third-order valence-corrected chi connectivity index (χ3v) is 3.19. The summed E-state index contributed by atoms with van der Waals surface area (Å²) in [5, 5.41) is 4.03. The third kappa shape index (κ3) is 3.69. The van der Waals surface area contributed by atoms with Gasteiger partial charge in [0.2, 0.25) is 0 Å². The molecule has 0 bridgehead atoms. The Hall–Kier alpha value is -2.38. The molecule has 0 aliphatic heterocycles. The van der Waals surface area contributed by atoms with Crippen molar-refractivity contribution >= 4 is 5.91 Å². The Balaban J connectivity index is 2.47. The number of aromatic nitrogens is 3. The van der Waals surface area contributed by atoms with Gasteiger partial charge in [0.25, 0.3) is 5.91 Å². The van der Waals surface area contributed by atoms with Crippen molar-refractivity contribution in [2.24, 2.45) is 0 Å². The molecule has 0 fully saturated rings. The Bertz CT molecular complexity index is 707. The van der Waals surface area contributed by atoms with Crippen LogP contribution in [0.4, 0.5) is 13.2 Å². The second kappa shape index (κ2) is 6.39. The Morgan fingerprint density at radius 2 is 2.00 bits per heavy atom. The molecule has 0 aliphatic carbocycles. The molecule has 2 rings (SSSR count). The summed E-state index contributed by atoms with van der Waals surface area (Å²) >= 11 is 0. The Morgan fingerprint density at radius 3 is 2.57 bits per heavy atom. The molecule has 1 amide bonds. The SMILES string of the molecule is CCCn1nc(-c2ccnc(C(=O)N(C)C)c2)cc1C(F)(F)F. The Kier molecular flexibility index (Phi) is 4.72. The van der Waals surface area contributed by atoms with Gasteiger partial charge in [-0.05, 0) is 24.6 Å². The number of rotatable bonds is 4. The van der Waals surface area contributed by atoms with Crippen molar-refractivity contribution in [2.75, 3.05) is 14.1 Å². The topological polar surface area (TPSA) is 51.0 Å². The van der Waals surface area contributed by atoms with E-state index in [0.717, 1.165) is 10.7 Å². The van der Waals surface area contributed by atoms with Crippen LogP contribution < -0.4 is 0 Å². The number of pyridine rings is 1. The smallest absolute Gasteiger partial charge is 0.343 e. The highest BCUT2D eigenvalue weighted by Gasteiger charge is 2.35. The van der Waals surface area contributed by atoms with Crippen molar-refractivity contribution in [2.45, 2.75) is 26.1 Å². The quantitative estimate of drug-likeness (QED) is 0.867. The highest BCUT2D eigenvalue weighted by molar-refractivity contribution is 5.93. The number of carbonyl (C=O) groups is 1. The maximum absolute atomic E-state index is 13.1.